The number of alkyl halides is 2. The summed E-state index contributed by atoms with van der Waals surface area (Å²) < 4.78 is 27.4. The summed E-state index contributed by atoms with van der Waals surface area (Å²) in [6, 6.07) is 0. The van der Waals surface area contributed by atoms with Crippen LogP contribution < -0.4 is 4.74 Å². The lowest BCUT2D eigenvalue weighted by Gasteiger charge is -2.02. The SMILES string of the molecule is FC(F)Oc1cnc(Br)c(Cl)n1. The van der Waals surface area contributed by atoms with E-state index in [-0.39, 0.29) is 15.6 Å². The predicted molar refractivity (Wildman–Crippen MR) is 41.4 cm³/mol. The van der Waals surface area contributed by atoms with Crippen LogP contribution in [0, 0.1) is 0 Å². The number of hydrogen-bond donors (Lipinski definition) is 0. The molecule has 1 heterocycles. The van der Waals surface area contributed by atoms with Crippen LogP contribution in [0.1, 0.15) is 0 Å². The third-order valence-corrected chi connectivity index (χ3v) is 1.95. The second-order valence-electron chi connectivity index (χ2n) is 1.67. The van der Waals surface area contributed by atoms with Crippen molar-refractivity contribution in [3.8, 4) is 5.88 Å². The van der Waals surface area contributed by atoms with Gasteiger partial charge in [-0.3, -0.25) is 0 Å². The van der Waals surface area contributed by atoms with Crippen molar-refractivity contribution in [3.05, 3.63) is 16.0 Å². The van der Waals surface area contributed by atoms with Crippen LogP contribution in [-0.2, 0) is 0 Å². The maximum absolute atomic E-state index is 11.6. The summed E-state index contributed by atoms with van der Waals surface area (Å²) in [5.41, 5.74) is 0. The van der Waals surface area contributed by atoms with E-state index in [4.69, 9.17) is 11.6 Å². The van der Waals surface area contributed by atoms with Crippen LogP contribution in [0.2, 0.25) is 5.15 Å². The topological polar surface area (TPSA) is 35.0 Å². The van der Waals surface area contributed by atoms with Gasteiger partial charge in [-0.25, -0.2) is 4.98 Å². The lowest BCUT2D eigenvalue weighted by Crippen LogP contribution is -2.04. The van der Waals surface area contributed by atoms with E-state index in [1.54, 1.807) is 0 Å². The first-order valence-corrected chi connectivity index (χ1v) is 3.89. The van der Waals surface area contributed by atoms with Crippen LogP contribution in [0.3, 0.4) is 0 Å². The molecule has 0 unspecified atom stereocenters. The van der Waals surface area contributed by atoms with Crippen molar-refractivity contribution in [2.45, 2.75) is 6.61 Å². The zero-order valence-corrected chi connectivity index (χ0v) is 7.81. The number of nitrogens with zero attached hydrogens (tertiary/aromatic N) is 2. The van der Waals surface area contributed by atoms with E-state index in [1.807, 2.05) is 0 Å². The maximum Gasteiger partial charge on any atom is 0.388 e. The molecule has 1 rings (SSSR count). The van der Waals surface area contributed by atoms with Gasteiger partial charge in [0, 0.05) is 0 Å². The van der Waals surface area contributed by atoms with E-state index in [2.05, 4.69) is 30.6 Å². The van der Waals surface area contributed by atoms with E-state index in [1.165, 1.54) is 0 Å². The molecule has 0 aliphatic carbocycles. The van der Waals surface area contributed by atoms with E-state index in [0.717, 1.165) is 6.20 Å². The molecular formula is C5H2BrClF2N2O. The smallest absolute Gasteiger partial charge is 0.388 e. The van der Waals surface area contributed by atoms with Gasteiger partial charge in [0.1, 0.15) is 4.60 Å². The molecule has 12 heavy (non-hydrogen) atoms. The van der Waals surface area contributed by atoms with Gasteiger partial charge in [0.15, 0.2) is 5.15 Å². The standard InChI is InChI=1S/C5H2BrClF2N2O/c6-3-4(7)11-2(1-10-3)12-5(8)9/h1,5H. The summed E-state index contributed by atoms with van der Waals surface area (Å²) in [6.07, 6.45) is 1.04. The quantitative estimate of drug-likeness (QED) is 0.818. The molecule has 3 nitrogen and oxygen atoms in total. The zero-order valence-electron chi connectivity index (χ0n) is 5.47. The Hall–Kier alpha value is -0.490. The van der Waals surface area contributed by atoms with Gasteiger partial charge in [-0.1, -0.05) is 11.6 Å². The highest BCUT2D eigenvalue weighted by Crippen LogP contribution is 2.20. The molecule has 0 atom stereocenters. The van der Waals surface area contributed by atoms with Crippen molar-refractivity contribution >= 4 is 27.5 Å². The van der Waals surface area contributed by atoms with Crippen LogP contribution in [0.15, 0.2) is 10.8 Å². The third-order valence-electron chi connectivity index (χ3n) is 0.877. The zero-order chi connectivity index (χ0) is 9.14. The molecule has 0 fully saturated rings. The fourth-order valence-electron chi connectivity index (χ4n) is 0.485. The van der Waals surface area contributed by atoms with Crippen LogP contribution in [-0.4, -0.2) is 16.6 Å². The molecule has 0 saturated carbocycles. The molecule has 0 spiro atoms. The molecule has 0 saturated heterocycles. The highest BCUT2D eigenvalue weighted by atomic mass is 79.9. The molecule has 0 amide bonds. The van der Waals surface area contributed by atoms with Gasteiger partial charge >= 0.3 is 6.61 Å². The fourth-order valence-corrected chi connectivity index (χ4v) is 0.808. The van der Waals surface area contributed by atoms with Crippen LogP contribution in [0.4, 0.5) is 8.78 Å². The minimum atomic E-state index is -2.92. The average Bonchev–Trinajstić information content (AvgIpc) is 1.96. The molecule has 1 aromatic heterocycles. The van der Waals surface area contributed by atoms with Gasteiger partial charge in [-0.05, 0) is 15.9 Å². The maximum atomic E-state index is 11.6. The van der Waals surface area contributed by atoms with Gasteiger partial charge < -0.3 is 4.74 Å². The predicted octanol–water partition coefficient (Wildman–Crippen LogP) is 2.49. The van der Waals surface area contributed by atoms with Gasteiger partial charge in [-0.15, -0.1) is 0 Å². The van der Waals surface area contributed by atoms with Crippen LogP contribution in [0.5, 0.6) is 5.88 Å². The molecule has 0 aliphatic heterocycles. The Morgan fingerprint density at radius 3 is 2.75 bits per heavy atom. The number of aromatic nitrogens is 2. The van der Waals surface area contributed by atoms with Crippen molar-refractivity contribution in [2.75, 3.05) is 0 Å². The monoisotopic (exact) mass is 258 g/mol. The molecule has 0 aliphatic rings. The average molecular weight is 259 g/mol. The summed E-state index contributed by atoms with van der Waals surface area (Å²) in [5, 5.41) is -0.0202. The third kappa shape index (κ3) is 2.53. The summed E-state index contributed by atoms with van der Waals surface area (Å²) in [6.45, 7) is -2.92. The largest absolute Gasteiger partial charge is 0.415 e. The minimum Gasteiger partial charge on any atom is -0.415 e. The van der Waals surface area contributed by atoms with Crippen molar-refractivity contribution in [2.24, 2.45) is 0 Å². The normalized spacial score (nSPS) is 10.4. The first-order valence-electron chi connectivity index (χ1n) is 2.72. The molecular weight excluding hydrogens is 257 g/mol. The Labute approximate surface area is 79.9 Å². The molecule has 0 radical (unpaired) electrons. The first kappa shape index (κ1) is 9.60. The number of ether oxygens (including phenoxy) is 1. The van der Waals surface area contributed by atoms with Gasteiger partial charge in [0.05, 0.1) is 6.20 Å². The second-order valence-corrected chi connectivity index (χ2v) is 2.78. The summed E-state index contributed by atoms with van der Waals surface area (Å²) in [5.74, 6) is -0.307. The summed E-state index contributed by atoms with van der Waals surface area (Å²) >= 11 is 8.40. The van der Waals surface area contributed by atoms with Crippen molar-refractivity contribution < 1.29 is 13.5 Å². The number of rotatable bonds is 2. The Balaban J connectivity index is 2.82. The van der Waals surface area contributed by atoms with Gasteiger partial charge in [0.25, 0.3) is 0 Å². The minimum absolute atomic E-state index is 0.0202. The molecule has 0 N–H and O–H groups in total. The van der Waals surface area contributed by atoms with Crippen molar-refractivity contribution in [1.29, 1.82) is 0 Å². The van der Waals surface area contributed by atoms with E-state index in [0.29, 0.717) is 0 Å². The van der Waals surface area contributed by atoms with E-state index >= 15 is 0 Å². The highest BCUT2D eigenvalue weighted by Gasteiger charge is 2.08. The van der Waals surface area contributed by atoms with Gasteiger partial charge in [-0.2, -0.15) is 13.8 Å². The van der Waals surface area contributed by atoms with E-state index in [9.17, 15) is 8.78 Å². The van der Waals surface area contributed by atoms with Crippen molar-refractivity contribution in [1.82, 2.24) is 9.97 Å². The molecule has 0 bridgehead atoms. The molecule has 0 aromatic carbocycles. The Kier molecular flexibility index (Phi) is 3.16. The molecule has 7 heteroatoms. The Morgan fingerprint density at radius 1 is 1.58 bits per heavy atom. The Bertz CT molecular complexity index is 286. The van der Waals surface area contributed by atoms with Crippen LogP contribution >= 0.6 is 27.5 Å². The fraction of sp³-hybridized carbons (Fsp3) is 0.200. The lowest BCUT2D eigenvalue weighted by atomic mass is 10.7. The van der Waals surface area contributed by atoms with E-state index < -0.39 is 6.61 Å². The molecule has 1 aromatic rings. The lowest BCUT2D eigenvalue weighted by molar-refractivity contribution is -0.0531. The molecule has 66 valence electrons. The number of halogens is 4. The summed E-state index contributed by atoms with van der Waals surface area (Å²) in [7, 11) is 0. The van der Waals surface area contributed by atoms with Crippen molar-refractivity contribution in [3.63, 3.8) is 0 Å². The number of hydrogen-bond acceptors (Lipinski definition) is 3. The van der Waals surface area contributed by atoms with Crippen LogP contribution in [0.25, 0.3) is 0 Å². The van der Waals surface area contributed by atoms with Gasteiger partial charge in [0.2, 0.25) is 5.88 Å². The second kappa shape index (κ2) is 3.95. The Morgan fingerprint density at radius 2 is 2.25 bits per heavy atom. The summed E-state index contributed by atoms with van der Waals surface area (Å²) in [4.78, 5) is 7.06. The highest BCUT2D eigenvalue weighted by molar-refractivity contribution is 9.10. The first-order chi connectivity index (χ1) is 5.59.